The van der Waals surface area contributed by atoms with E-state index in [9.17, 15) is 0 Å². The molecule has 1 aromatic heterocycles. The van der Waals surface area contributed by atoms with Crippen molar-refractivity contribution in [2.45, 2.75) is 26.8 Å². The third kappa shape index (κ3) is 5.50. The largest absolute Gasteiger partial charge is 0.382 e. The molecule has 1 heterocycles. The van der Waals surface area contributed by atoms with Crippen molar-refractivity contribution < 1.29 is 4.74 Å². The molecule has 0 saturated carbocycles. The molecule has 1 N–H and O–H groups in total. The molecule has 0 atom stereocenters. The topological polar surface area (TPSA) is 34.1 Å². The van der Waals surface area contributed by atoms with Gasteiger partial charge in [-0.15, -0.1) is 0 Å². The smallest absolute Gasteiger partial charge is 0.0477 e. The highest BCUT2D eigenvalue weighted by Crippen LogP contribution is 1.98. The third-order valence-electron chi connectivity index (χ3n) is 2.15. The average molecular weight is 208 g/mol. The molecule has 0 bridgehead atoms. The number of pyridine rings is 1. The molecule has 0 aromatic carbocycles. The highest BCUT2D eigenvalue weighted by atomic mass is 16.5. The second-order valence-corrected chi connectivity index (χ2v) is 3.54. The fourth-order valence-corrected chi connectivity index (χ4v) is 1.28. The molecule has 0 amide bonds. The van der Waals surface area contributed by atoms with Gasteiger partial charge in [-0.1, -0.05) is 6.07 Å². The zero-order valence-electron chi connectivity index (χ0n) is 9.62. The molecule has 3 nitrogen and oxygen atoms in total. The van der Waals surface area contributed by atoms with Gasteiger partial charge in [-0.3, -0.25) is 4.98 Å². The Balaban J connectivity index is 2.07. The van der Waals surface area contributed by atoms with Gasteiger partial charge >= 0.3 is 0 Å². The van der Waals surface area contributed by atoms with Gasteiger partial charge in [0.1, 0.15) is 0 Å². The van der Waals surface area contributed by atoms with Gasteiger partial charge in [0, 0.05) is 31.6 Å². The third-order valence-corrected chi connectivity index (χ3v) is 2.15. The van der Waals surface area contributed by atoms with E-state index in [4.69, 9.17) is 4.74 Å². The second-order valence-electron chi connectivity index (χ2n) is 3.54. The minimum Gasteiger partial charge on any atom is -0.382 e. The van der Waals surface area contributed by atoms with E-state index < -0.39 is 0 Å². The van der Waals surface area contributed by atoms with Crippen LogP contribution in [0.15, 0.2) is 18.3 Å². The molecule has 0 aliphatic rings. The number of hydrogen-bond acceptors (Lipinski definition) is 3. The van der Waals surface area contributed by atoms with Crippen LogP contribution in [0.2, 0.25) is 0 Å². The summed E-state index contributed by atoms with van der Waals surface area (Å²) in [7, 11) is 0. The van der Waals surface area contributed by atoms with E-state index in [-0.39, 0.29) is 0 Å². The number of rotatable bonds is 7. The summed E-state index contributed by atoms with van der Waals surface area (Å²) in [6.45, 7) is 7.55. The summed E-state index contributed by atoms with van der Waals surface area (Å²) >= 11 is 0. The van der Waals surface area contributed by atoms with Crippen LogP contribution < -0.4 is 5.32 Å². The van der Waals surface area contributed by atoms with Gasteiger partial charge in [0.05, 0.1) is 0 Å². The maximum absolute atomic E-state index is 5.25. The van der Waals surface area contributed by atoms with E-state index in [0.717, 1.165) is 38.4 Å². The first-order chi connectivity index (χ1) is 7.33. The first-order valence-corrected chi connectivity index (χ1v) is 5.53. The molecule has 84 valence electrons. The lowest BCUT2D eigenvalue weighted by Gasteiger charge is -2.04. The number of ether oxygens (including phenoxy) is 1. The Kier molecular flexibility index (Phi) is 5.97. The lowest BCUT2D eigenvalue weighted by molar-refractivity contribution is 0.144. The summed E-state index contributed by atoms with van der Waals surface area (Å²) in [5.74, 6) is 0. The Morgan fingerprint density at radius 2 is 2.27 bits per heavy atom. The molecule has 0 aliphatic heterocycles. The summed E-state index contributed by atoms with van der Waals surface area (Å²) in [6, 6.07) is 4.15. The second kappa shape index (κ2) is 7.37. The Labute approximate surface area is 91.9 Å². The van der Waals surface area contributed by atoms with Crippen molar-refractivity contribution in [1.29, 1.82) is 0 Å². The van der Waals surface area contributed by atoms with Gasteiger partial charge in [-0.2, -0.15) is 0 Å². The van der Waals surface area contributed by atoms with E-state index in [1.807, 2.05) is 26.1 Å². The lowest BCUT2D eigenvalue weighted by Crippen LogP contribution is -2.16. The summed E-state index contributed by atoms with van der Waals surface area (Å²) in [5.41, 5.74) is 2.30. The van der Waals surface area contributed by atoms with Crippen molar-refractivity contribution in [2.24, 2.45) is 0 Å². The van der Waals surface area contributed by atoms with Crippen LogP contribution in [0, 0.1) is 6.92 Å². The molecule has 0 spiro atoms. The van der Waals surface area contributed by atoms with E-state index >= 15 is 0 Å². The van der Waals surface area contributed by atoms with Crippen LogP contribution >= 0.6 is 0 Å². The molecule has 0 unspecified atom stereocenters. The quantitative estimate of drug-likeness (QED) is 0.695. The normalized spacial score (nSPS) is 10.5. The summed E-state index contributed by atoms with van der Waals surface area (Å²) in [4.78, 5) is 4.24. The fraction of sp³-hybridized carbons (Fsp3) is 0.583. The molecule has 0 fully saturated rings. The number of hydrogen-bond donors (Lipinski definition) is 1. The molecule has 1 rings (SSSR count). The minimum absolute atomic E-state index is 0.807. The predicted octanol–water partition coefficient (Wildman–Crippen LogP) is 1.91. The molecule has 0 aliphatic carbocycles. The highest BCUT2D eigenvalue weighted by molar-refractivity contribution is 5.12. The molecule has 1 aromatic rings. The first kappa shape index (κ1) is 12.1. The number of aromatic nitrogens is 1. The average Bonchev–Trinajstić information content (AvgIpc) is 2.26. The van der Waals surface area contributed by atoms with E-state index in [1.54, 1.807) is 0 Å². The molecule has 15 heavy (non-hydrogen) atoms. The molecule has 3 heteroatoms. The van der Waals surface area contributed by atoms with Crippen molar-refractivity contribution in [3.8, 4) is 0 Å². The van der Waals surface area contributed by atoms with Crippen LogP contribution in [0.25, 0.3) is 0 Å². The zero-order valence-corrected chi connectivity index (χ0v) is 9.62. The van der Waals surface area contributed by atoms with Crippen molar-refractivity contribution >= 4 is 0 Å². The number of nitrogens with zero attached hydrogens (tertiary/aromatic N) is 1. The van der Waals surface area contributed by atoms with E-state index in [1.165, 1.54) is 5.56 Å². The van der Waals surface area contributed by atoms with E-state index in [0.29, 0.717) is 0 Å². The molecular formula is C12H20N2O. The monoisotopic (exact) mass is 208 g/mol. The van der Waals surface area contributed by atoms with Gasteiger partial charge in [0.15, 0.2) is 0 Å². The van der Waals surface area contributed by atoms with Crippen LogP contribution in [0.1, 0.15) is 24.6 Å². The van der Waals surface area contributed by atoms with Crippen molar-refractivity contribution in [3.63, 3.8) is 0 Å². The first-order valence-electron chi connectivity index (χ1n) is 5.53. The van der Waals surface area contributed by atoms with Crippen LogP contribution in [-0.2, 0) is 11.3 Å². The van der Waals surface area contributed by atoms with Crippen LogP contribution in [-0.4, -0.2) is 24.7 Å². The molecule has 0 saturated heterocycles. The fourth-order valence-electron chi connectivity index (χ4n) is 1.28. The Bertz CT molecular complexity index is 259. The maximum Gasteiger partial charge on any atom is 0.0477 e. The van der Waals surface area contributed by atoms with Crippen molar-refractivity contribution in [2.75, 3.05) is 19.8 Å². The van der Waals surface area contributed by atoms with Gasteiger partial charge in [0.25, 0.3) is 0 Å². The predicted molar refractivity (Wildman–Crippen MR) is 61.8 cm³/mol. The Hall–Kier alpha value is -0.930. The van der Waals surface area contributed by atoms with Crippen LogP contribution in [0.5, 0.6) is 0 Å². The van der Waals surface area contributed by atoms with Crippen molar-refractivity contribution in [1.82, 2.24) is 10.3 Å². The molecule has 0 radical (unpaired) electrons. The number of aryl methyl sites for hydroxylation is 1. The number of nitrogens with one attached hydrogen (secondary N) is 1. The Morgan fingerprint density at radius 3 is 2.93 bits per heavy atom. The standard InChI is InChI=1S/C12H20N2O/c1-3-15-8-4-7-13-9-12-6-5-11(2)14-10-12/h5-6,10,13H,3-4,7-9H2,1-2H3. The van der Waals surface area contributed by atoms with Gasteiger partial charge < -0.3 is 10.1 Å². The molecular weight excluding hydrogens is 188 g/mol. The van der Waals surface area contributed by atoms with Crippen LogP contribution in [0.4, 0.5) is 0 Å². The van der Waals surface area contributed by atoms with Crippen LogP contribution in [0.3, 0.4) is 0 Å². The summed E-state index contributed by atoms with van der Waals surface area (Å²) < 4.78 is 5.25. The van der Waals surface area contributed by atoms with Gasteiger partial charge in [-0.05, 0) is 38.4 Å². The Morgan fingerprint density at radius 1 is 1.40 bits per heavy atom. The minimum atomic E-state index is 0.807. The SMILES string of the molecule is CCOCCCNCc1ccc(C)nc1. The van der Waals surface area contributed by atoms with Gasteiger partial charge in [-0.25, -0.2) is 0 Å². The maximum atomic E-state index is 5.25. The highest BCUT2D eigenvalue weighted by Gasteiger charge is 1.93. The summed E-state index contributed by atoms with van der Waals surface area (Å²) in [5, 5.41) is 3.36. The summed E-state index contributed by atoms with van der Waals surface area (Å²) in [6.07, 6.45) is 2.98. The van der Waals surface area contributed by atoms with Gasteiger partial charge in [0.2, 0.25) is 0 Å². The van der Waals surface area contributed by atoms with Crippen molar-refractivity contribution in [3.05, 3.63) is 29.6 Å². The van der Waals surface area contributed by atoms with E-state index in [2.05, 4.69) is 16.4 Å². The lowest BCUT2D eigenvalue weighted by atomic mass is 10.2. The zero-order chi connectivity index (χ0) is 10.9.